The maximum absolute atomic E-state index is 13.3. The smallest absolute Gasteiger partial charge is 0.396 e. The topological polar surface area (TPSA) is 66.4 Å². The average molecular weight is 357 g/mol. The van der Waals surface area contributed by atoms with E-state index in [0.717, 1.165) is 19.3 Å². The minimum Gasteiger partial charge on any atom is -0.481 e. The molecule has 0 aliphatic heterocycles. The summed E-state index contributed by atoms with van der Waals surface area (Å²) >= 11 is 0. The van der Waals surface area contributed by atoms with E-state index in [1.165, 1.54) is 24.3 Å². The average Bonchev–Trinajstić information content (AvgIpc) is 2.78. The molecule has 7 heteroatoms. The Morgan fingerprint density at radius 1 is 1.12 bits per heavy atom. The van der Waals surface area contributed by atoms with E-state index in [1.807, 2.05) is 0 Å². The SMILES string of the molecule is O=C(CC(c1ccccc1)C(F)(F)F)N[C@H]1CCCCC[C@H]1C(=O)O. The fourth-order valence-corrected chi connectivity index (χ4v) is 3.33. The molecule has 2 rings (SSSR count). The lowest BCUT2D eigenvalue weighted by Crippen LogP contribution is -2.43. The zero-order valence-electron chi connectivity index (χ0n) is 13.8. The Morgan fingerprint density at radius 2 is 1.76 bits per heavy atom. The molecule has 1 amide bonds. The fourth-order valence-electron chi connectivity index (χ4n) is 3.33. The van der Waals surface area contributed by atoms with Gasteiger partial charge in [0.1, 0.15) is 0 Å². The van der Waals surface area contributed by atoms with Crippen molar-refractivity contribution < 1.29 is 27.9 Å². The van der Waals surface area contributed by atoms with Crippen molar-refractivity contribution in [2.75, 3.05) is 0 Å². The highest BCUT2D eigenvalue weighted by Gasteiger charge is 2.42. The van der Waals surface area contributed by atoms with E-state index in [2.05, 4.69) is 5.32 Å². The fraction of sp³-hybridized carbons (Fsp3) is 0.556. The summed E-state index contributed by atoms with van der Waals surface area (Å²) in [5.74, 6) is -4.41. The van der Waals surface area contributed by atoms with Crippen LogP contribution in [0.5, 0.6) is 0 Å². The number of hydrogen-bond donors (Lipinski definition) is 2. The maximum Gasteiger partial charge on any atom is 0.396 e. The summed E-state index contributed by atoms with van der Waals surface area (Å²) in [7, 11) is 0. The van der Waals surface area contributed by atoms with Crippen molar-refractivity contribution in [2.45, 2.75) is 56.7 Å². The lowest BCUT2D eigenvalue weighted by Gasteiger charge is -2.25. The number of nitrogens with one attached hydrogen (secondary N) is 1. The molecule has 1 aromatic rings. The second kappa shape index (κ2) is 8.36. The van der Waals surface area contributed by atoms with Crippen molar-refractivity contribution in [1.82, 2.24) is 5.32 Å². The largest absolute Gasteiger partial charge is 0.481 e. The molecule has 25 heavy (non-hydrogen) atoms. The van der Waals surface area contributed by atoms with Gasteiger partial charge in [-0.2, -0.15) is 13.2 Å². The molecule has 3 atom stereocenters. The summed E-state index contributed by atoms with van der Waals surface area (Å²) < 4.78 is 40.0. The molecule has 1 aliphatic carbocycles. The number of hydrogen-bond acceptors (Lipinski definition) is 2. The van der Waals surface area contributed by atoms with Gasteiger partial charge in [0.2, 0.25) is 5.91 Å². The van der Waals surface area contributed by atoms with Gasteiger partial charge in [-0.25, -0.2) is 0 Å². The van der Waals surface area contributed by atoms with Gasteiger partial charge >= 0.3 is 12.1 Å². The summed E-state index contributed by atoms with van der Waals surface area (Å²) in [5.41, 5.74) is 0.0285. The van der Waals surface area contributed by atoms with Gasteiger partial charge in [0.15, 0.2) is 0 Å². The maximum atomic E-state index is 13.3. The van der Waals surface area contributed by atoms with Crippen LogP contribution in [0.4, 0.5) is 13.2 Å². The number of carbonyl (C=O) groups is 2. The van der Waals surface area contributed by atoms with Crippen molar-refractivity contribution in [3.8, 4) is 0 Å². The van der Waals surface area contributed by atoms with E-state index in [1.54, 1.807) is 6.07 Å². The zero-order valence-corrected chi connectivity index (χ0v) is 13.8. The van der Waals surface area contributed by atoms with Crippen molar-refractivity contribution in [3.05, 3.63) is 35.9 Å². The van der Waals surface area contributed by atoms with Gasteiger partial charge in [0.25, 0.3) is 0 Å². The third-order valence-corrected chi connectivity index (χ3v) is 4.67. The molecule has 1 fully saturated rings. The number of carboxylic acids is 1. The molecule has 2 N–H and O–H groups in total. The second-order valence-corrected chi connectivity index (χ2v) is 6.47. The number of alkyl halides is 3. The van der Waals surface area contributed by atoms with Gasteiger partial charge in [-0.05, 0) is 18.4 Å². The molecule has 0 radical (unpaired) electrons. The summed E-state index contributed by atoms with van der Waals surface area (Å²) in [4.78, 5) is 23.6. The Bertz CT molecular complexity index is 589. The van der Waals surface area contributed by atoms with Crippen molar-refractivity contribution in [2.24, 2.45) is 5.92 Å². The van der Waals surface area contributed by atoms with Gasteiger partial charge in [-0.3, -0.25) is 9.59 Å². The molecule has 0 saturated heterocycles. The van der Waals surface area contributed by atoms with Gasteiger partial charge < -0.3 is 10.4 Å². The van der Waals surface area contributed by atoms with Crippen LogP contribution in [0.2, 0.25) is 0 Å². The Morgan fingerprint density at radius 3 is 2.36 bits per heavy atom. The molecule has 0 heterocycles. The monoisotopic (exact) mass is 357 g/mol. The summed E-state index contributed by atoms with van der Waals surface area (Å²) in [6.45, 7) is 0. The van der Waals surface area contributed by atoms with E-state index in [-0.39, 0.29) is 5.56 Å². The lowest BCUT2D eigenvalue weighted by atomic mass is 9.92. The molecule has 0 aromatic heterocycles. The van der Waals surface area contributed by atoms with E-state index >= 15 is 0 Å². The summed E-state index contributed by atoms with van der Waals surface area (Å²) in [6.07, 6.45) is -2.00. The number of halogens is 3. The summed E-state index contributed by atoms with van der Waals surface area (Å²) in [6, 6.07) is 6.68. The third-order valence-electron chi connectivity index (χ3n) is 4.67. The van der Waals surface area contributed by atoms with E-state index in [9.17, 15) is 27.9 Å². The highest BCUT2D eigenvalue weighted by Crippen LogP contribution is 2.37. The first-order valence-electron chi connectivity index (χ1n) is 8.43. The Labute approximate surface area is 144 Å². The van der Waals surface area contributed by atoms with Crippen LogP contribution in [0, 0.1) is 5.92 Å². The highest BCUT2D eigenvalue weighted by atomic mass is 19.4. The minimum absolute atomic E-state index is 0.0285. The van der Waals surface area contributed by atoms with E-state index < -0.39 is 42.4 Å². The van der Waals surface area contributed by atoms with Crippen LogP contribution in [-0.2, 0) is 9.59 Å². The normalized spacial score (nSPS) is 22.7. The van der Waals surface area contributed by atoms with Crippen LogP contribution in [0.3, 0.4) is 0 Å². The third kappa shape index (κ3) is 5.47. The highest BCUT2D eigenvalue weighted by molar-refractivity contribution is 5.79. The van der Waals surface area contributed by atoms with E-state index in [0.29, 0.717) is 12.8 Å². The van der Waals surface area contributed by atoms with Crippen LogP contribution in [0.1, 0.15) is 50.0 Å². The first kappa shape index (κ1) is 19.3. The van der Waals surface area contributed by atoms with Crippen molar-refractivity contribution >= 4 is 11.9 Å². The van der Waals surface area contributed by atoms with Crippen LogP contribution < -0.4 is 5.32 Å². The predicted octanol–water partition coefficient (Wildman–Crippen LogP) is 3.87. The van der Waals surface area contributed by atoms with Crippen LogP contribution in [0.25, 0.3) is 0 Å². The molecular weight excluding hydrogens is 335 g/mol. The predicted molar refractivity (Wildman–Crippen MR) is 86.0 cm³/mol. The number of carbonyl (C=O) groups excluding carboxylic acids is 1. The van der Waals surface area contributed by atoms with Gasteiger partial charge in [-0.15, -0.1) is 0 Å². The number of rotatable bonds is 5. The van der Waals surface area contributed by atoms with Gasteiger partial charge in [-0.1, -0.05) is 49.6 Å². The van der Waals surface area contributed by atoms with Crippen LogP contribution in [0.15, 0.2) is 30.3 Å². The molecule has 1 aliphatic rings. The second-order valence-electron chi connectivity index (χ2n) is 6.47. The zero-order chi connectivity index (χ0) is 18.4. The molecule has 1 aromatic carbocycles. The molecule has 1 saturated carbocycles. The minimum atomic E-state index is -4.55. The molecule has 138 valence electrons. The first-order valence-corrected chi connectivity index (χ1v) is 8.43. The van der Waals surface area contributed by atoms with E-state index in [4.69, 9.17) is 0 Å². The number of aliphatic carboxylic acids is 1. The van der Waals surface area contributed by atoms with Crippen LogP contribution in [-0.4, -0.2) is 29.2 Å². The van der Waals surface area contributed by atoms with Crippen LogP contribution >= 0.6 is 0 Å². The quantitative estimate of drug-likeness (QED) is 0.786. The number of amides is 1. The van der Waals surface area contributed by atoms with Crippen molar-refractivity contribution in [1.29, 1.82) is 0 Å². The molecule has 4 nitrogen and oxygen atoms in total. The standard InChI is InChI=1S/C18H22F3NO3/c19-18(20,21)14(12-7-3-1-4-8-12)11-16(23)22-15-10-6-2-5-9-13(15)17(24)25/h1,3-4,7-8,13-15H,2,5-6,9-11H2,(H,22,23)(H,24,25)/t13-,14?,15+/m1/s1. The van der Waals surface area contributed by atoms with Gasteiger partial charge in [0.05, 0.1) is 11.8 Å². The molecule has 1 unspecified atom stereocenters. The molecule has 0 bridgehead atoms. The molecular formula is C18H22F3NO3. The Balaban J connectivity index is 2.09. The first-order chi connectivity index (χ1) is 11.8. The molecule has 0 spiro atoms. The number of carboxylic acid groups (broad SMARTS) is 1. The lowest BCUT2D eigenvalue weighted by molar-refractivity contribution is -0.158. The summed E-state index contributed by atoms with van der Waals surface area (Å²) in [5, 5.41) is 11.8. The van der Waals surface area contributed by atoms with Crippen molar-refractivity contribution in [3.63, 3.8) is 0 Å². The Kier molecular flexibility index (Phi) is 6.45. The number of benzene rings is 1. The van der Waals surface area contributed by atoms with Gasteiger partial charge in [0, 0.05) is 12.5 Å². The Hall–Kier alpha value is -2.05.